The average Bonchev–Trinajstić information content (AvgIpc) is 2.56. The zero-order chi connectivity index (χ0) is 14.2. The number of amides is 1. The lowest BCUT2D eigenvalue weighted by atomic mass is 10.1. The van der Waals surface area contributed by atoms with Crippen molar-refractivity contribution >= 4 is 33.4 Å². The van der Waals surface area contributed by atoms with Crippen LogP contribution >= 0.6 is 11.6 Å². The first-order valence-electron chi connectivity index (χ1n) is 5.48. The molecule has 19 heavy (non-hydrogen) atoms. The van der Waals surface area contributed by atoms with Crippen molar-refractivity contribution in [2.45, 2.75) is 13.3 Å². The second kappa shape index (κ2) is 5.01. The second-order valence-electron chi connectivity index (χ2n) is 4.39. The lowest BCUT2D eigenvalue weighted by molar-refractivity contribution is -0.117. The van der Waals surface area contributed by atoms with E-state index in [4.69, 9.17) is 11.6 Å². The first-order valence-corrected chi connectivity index (χ1v) is 7.41. The van der Waals surface area contributed by atoms with E-state index in [1.54, 1.807) is 6.92 Å². The van der Waals surface area contributed by atoms with Gasteiger partial charge in [-0.15, -0.1) is 3.89 Å². The van der Waals surface area contributed by atoms with E-state index in [9.17, 15) is 17.1 Å². The van der Waals surface area contributed by atoms with E-state index >= 15 is 0 Å². The summed E-state index contributed by atoms with van der Waals surface area (Å²) in [6, 6.07) is 0. The Balaban J connectivity index is 2.20. The summed E-state index contributed by atoms with van der Waals surface area (Å²) in [5.41, 5.74) is 0.977. The summed E-state index contributed by atoms with van der Waals surface area (Å²) >= 11 is 5.62. The van der Waals surface area contributed by atoms with Crippen molar-refractivity contribution < 1.29 is 17.1 Å². The molecule has 1 aliphatic rings. The lowest BCUT2D eigenvalue weighted by Gasteiger charge is -2.17. The topological polar surface area (TPSA) is 80.2 Å². The molecule has 2 heterocycles. The number of hydrogen-bond acceptors (Lipinski definition) is 5. The fourth-order valence-electron chi connectivity index (χ4n) is 2.10. The van der Waals surface area contributed by atoms with Gasteiger partial charge in [0.25, 0.3) is 0 Å². The second-order valence-corrected chi connectivity index (χ2v) is 6.14. The third kappa shape index (κ3) is 3.38. The number of carbonyl (C=O) groups excluding carboxylic acids is 1. The number of nitrogens with zero attached hydrogens (tertiary/aromatic N) is 3. The Kier molecular flexibility index (Phi) is 3.73. The SMILES string of the molecule is Cc1nc(Cl)ncc1N1CC(CS(=O)(=O)F)CC1=O. The molecule has 0 saturated carbocycles. The summed E-state index contributed by atoms with van der Waals surface area (Å²) < 4.78 is 33.8. The van der Waals surface area contributed by atoms with Crippen molar-refractivity contribution in [2.24, 2.45) is 5.92 Å². The highest BCUT2D eigenvalue weighted by molar-refractivity contribution is 7.86. The fourth-order valence-corrected chi connectivity index (χ4v) is 3.07. The Bertz CT molecular complexity index is 622. The smallest absolute Gasteiger partial charge is 0.302 e. The maximum Gasteiger partial charge on any atom is 0.302 e. The van der Waals surface area contributed by atoms with Crippen LogP contribution in [-0.4, -0.2) is 36.6 Å². The summed E-state index contributed by atoms with van der Waals surface area (Å²) in [6.07, 6.45) is 1.39. The van der Waals surface area contributed by atoms with Crippen molar-refractivity contribution in [3.8, 4) is 0 Å². The summed E-state index contributed by atoms with van der Waals surface area (Å²) in [6.45, 7) is 1.79. The highest BCUT2D eigenvalue weighted by atomic mass is 35.5. The summed E-state index contributed by atoms with van der Waals surface area (Å²) in [5.74, 6) is -1.48. The van der Waals surface area contributed by atoms with E-state index in [0.717, 1.165) is 0 Å². The molecular formula is C10H11ClFN3O3S. The molecule has 0 radical (unpaired) electrons. The van der Waals surface area contributed by atoms with E-state index in [1.165, 1.54) is 11.1 Å². The van der Waals surface area contributed by atoms with Crippen LogP contribution in [0, 0.1) is 12.8 Å². The van der Waals surface area contributed by atoms with Crippen molar-refractivity contribution in [2.75, 3.05) is 17.2 Å². The molecule has 0 spiro atoms. The first-order chi connectivity index (χ1) is 8.76. The van der Waals surface area contributed by atoms with Crippen LogP contribution in [-0.2, 0) is 15.0 Å². The van der Waals surface area contributed by atoms with E-state index in [2.05, 4.69) is 9.97 Å². The number of carbonyl (C=O) groups is 1. The quantitative estimate of drug-likeness (QED) is 0.617. The monoisotopic (exact) mass is 307 g/mol. The van der Waals surface area contributed by atoms with Crippen LogP contribution in [0.5, 0.6) is 0 Å². The maximum absolute atomic E-state index is 12.6. The van der Waals surface area contributed by atoms with Gasteiger partial charge in [-0.3, -0.25) is 4.79 Å². The largest absolute Gasteiger partial charge is 0.309 e. The van der Waals surface area contributed by atoms with Crippen LogP contribution < -0.4 is 4.90 Å². The molecule has 1 aromatic heterocycles. The molecule has 1 atom stereocenters. The zero-order valence-corrected chi connectivity index (χ0v) is 11.6. The molecule has 0 aromatic carbocycles. The van der Waals surface area contributed by atoms with Gasteiger partial charge in [0, 0.05) is 18.9 Å². The third-order valence-corrected chi connectivity index (χ3v) is 3.91. The zero-order valence-electron chi connectivity index (χ0n) is 10.0. The van der Waals surface area contributed by atoms with E-state index < -0.39 is 21.9 Å². The average molecular weight is 308 g/mol. The van der Waals surface area contributed by atoms with Crippen molar-refractivity contribution in [1.29, 1.82) is 0 Å². The molecule has 1 aromatic rings. The first kappa shape index (κ1) is 14.1. The van der Waals surface area contributed by atoms with Crippen molar-refractivity contribution in [3.05, 3.63) is 17.2 Å². The normalized spacial score (nSPS) is 20.1. The predicted octanol–water partition coefficient (Wildman–Crippen LogP) is 1.09. The fraction of sp³-hybridized carbons (Fsp3) is 0.500. The van der Waals surface area contributed by atoms with Gasteiger partial charge in [0.2, 0.25) is 11.2 Å². The van der Waals surface area contributed by atoms with E-state index in [1.807, 2.05) is 0 Å². The molecule has 0 bridgehead atoms. The van der Waals surface area contributed by atoms with Gasteiger partial charge in [-0.1, -0.05) is 0 Å². The number of aromatic nitrogens is 2. The minimum Gasteiger partial charge on any atom is -0.309 e. The standard InChI is InChI=1S/C10H11ClFN3O3S/c1-6-8(3-13-10(11)14-6)15-4-7(2-9(15)16)5-19(12,17)18/h3,7H,2,4-5H2,1H3. The van der Waals surface area contributed by atoms with Crippen LogP contribution in [0.4, 0.5) is 9.57 Å². The van der Waals surface area contributed by atoms with Gasteiger partial charge in [-0.2, -0.15) is 8.42 Å². The van der Waals surface area contributed by atoms with Gasteiger partial charge >= 0.3 is 10.2 Å². The molecule has 1 amide bonds. The molecule has 6 nitrogen and oxygen atoms in total. The summed E-state index contributed by atoms with van der Waals surface area (Å²) in [7, 11) is -4.58. The third-order valence-electron chi connectivity index (χ3n) is 2.85. The lowest BCUT2D eigenvalue weighted by Crippen LogP contribution is -2.26. The molecular weight excluding hydrogens is 297 g/mol. The highest BCUT2D eigenvalue weighted by Crippen LogP contribution is 2.27. The van der Waals surface area contributed by atoms with Gasteiger partial charge < -0.3 is 4.90 Å². The van der Waals surface area contributed by atoms with Crippen molar-refractivity contribution in [1.82, 2.24) is 9.97 Å². The number of hydrogen-bond donors (Lipinski definition) is 0. The summed E-state index contributed by atoms with van der Waals surface area (Å²) in [5, 5.41) is 0.0655. The van der Waals surface area contributed by atoms with Crippen molar-refractivity contribution in [3.63, 3.8) is 0 Å². The molecule has 0 aliphatic carbocycles. The van der Waals surface area contributed by atoms with E-state index in [0.29, 0.717) is 11.4 Å². The molecule has 1 fully saturated rings. The van der Waals surface area contributed by atoms with Crippen LogP contribution in [0.25, 0.3) is 0 Å². The van der Waals surface area contributed by atoms with Crippen LogP contribution in [0.15, 0.2) is 6.20 Å². The summed E-state index contributed by atoms with van der Waals surface area (Å²) in [4.78, 5) is 20.9. The minimum absolute atomic E-state index is 0.00871. The van der Waals surface area contributed by atoms with Crippen LogP contribution in [0.2, 0.25) is 5.28 Å². The Hall–Kier alpha value is -1.28. The molecule has 1 unspecified atom stereocenters. The molecule has 1 saturated heterocycles. The Morgan fingerprint density at radius 2 is 2.26 bits per heavy atom. The number of aryl methyl sites for hydroxylation is 1. The van der Waals surface area contributed by atoms with E-state index in [-0.39, 0.29) is 24.2 Å². The minimum atomic E-state index is -4.58. The number of anilines is 1. The Morgan fingerprint density at radius 1 is 1.58 bits per heavy atom. The molecule has 104 valence electrons. The molecule has 9 heteroatoms. The molecule has 1 aliphatic heterocycles. The Labute approximate surface area is 114 Å². The van der Waals surface area contributed by atoms with Gasteiger partial charge in [-0.05, 0) is 18.5 Å². The van der Waals surface area contributed by atoms with Gasteiger partial charge in [-0.25, -0.2) is 9.97 Å². The number of halogens is 2. The molecule has 2 rings (SSSR count). The molecule has 0 N–H and O–H groups in total. The van der Waals surface area contributed by atoms with Gasteiger partial charge in [0.15, 0.2) is 0 Å². The highest BCUT2D eigenvalue weighted by Gasteiger charge is 2.34. The van der Waals surface area contributed by atoms with Gasteiger partial charge in [0.05, 0.1) is 23.3 Å². The predicted molar refractivity (Wildman–Crippen MR) is 67.1 cm³/mol. The van der Waals surface area contributed by atoms with Crippen LogP contribution in [0.1, 0.15) is 12.1 Å². The van der Waals surface area contributed by atoms with Gasteiger partial charge in [0.1, 0.15) is 0 Å². The maximum atomic E-state index is 12.6. The van der Waals surface area contributed by atoms with Crippen LogP contribution in [0.3, 0.4) is 0 Å². The Morgan fingerprint density at radius 3 is 2.84 bits per heavy atom. The number of rotatable bonds is 3.